The van der Waals surface area contributed by atoms with Crippen LogP contribution >= 0.6 is 11.6 Å². The fourth-order valence-electron chi connectivity index (χ4n) is 3.04. The summed E-state index contributed by atoms with van der Waals surface area (Å²) in [6.45, 7) is 3.62. The molecular weight excluding hydrogens is 394 g/mol. The highest BCUT2D eigenvalue weighted by molar-refractivity contribution is 6.43. The SMILES string of the molecule is CC(C)C[C@H](NC(=O)CNC(=O)[C@@H]1CCN1c1c(F)cc(Cl)cc1F)B(O)O. The normalized spacial score (nSPS) is 17.1. The van der Waals surface area contributed by atoms with Crippen molar-refractivity contribution in [1.29, 1.82) is 0 Å². The summed E-state index contributed by atoms with van der Waals surface area (Å²) >= 11 is 5.61. The highest BCUT2D eigenvalue weighted by Gasteiger charge is 2.37. The van der Waals surface area contributed by atoms with Gasteiger partial charge in [-0.3, -0.25) is 9.59 Å². The molecule has 7 nitrogen and oxygen atoms in total. The molecule has 1 aromatic rings. The summed E-state index contributed by atoms with van der Waals surface area (Å²) in [4.78, 5) is 25.5. The third kappa shape index (κ3) is 5.56. The molecule has 1 aliphatic heterocycles. The molecule has 4 N–H and O–H groups in total. The summed E-state index contributed by atoms with van der Waals surface area (Å²) < 4.78 is 28.1. The van der Waals surface area contributed by atoms with Crippen molar-refractivity contribution in [2.75, 3.05) is 18.0 Å². The molecule has 2 rings (SSSR count). The Morgan fingerprint density at radius 2 is 1.93 bits per heavy atom. The van der Waals surface area contributed by atoms with Crippen molar-refractivity contribution in [1.82, 2.24) is 10.6 Å². The molecule has 0 aliphatic carbocycles. The molecule has 1 saturated heterocycles. The van der Waals surface area contributed by atoms with Gasteiger partial charge in [0.1, 0.15) is 11.7 Å². The maximum Gasteiger partial charge on any atom is 0.475 e. The summed E-state index contributed by atoms with van der Waals surface area (Å²) in [6.07, 6.45) is 0.725. The average Bonchev–Trinajstić information content (AvgIpc) is 2.53. The van der Waals surface area contributed by atoms with Crippen LogP contribution in [0.3, 0.4) is 0 Å². The Kier molecular flexibility index (Phi) is 7.62. The zero-order valence-corrected chi connectivity index (χ0v) is 16.3. The van der Waals surface area contributed by atoms with E-state index >= 15 is 0 Å². The van der Waals surface area contributed by atoms with Gasteiger partial charge in [-0.1, -0.05) is 25.4 Å². The van der Waals surface area contributed by atoms with Gasteiger partial charge < -0.3 is 25.6 Å². The van der Waals surface area contributed by atoms with Crippen LogP contribution in [0.5, 0.6) is 0 Å². The van der Waals surface area contributed by atoms with Gasteiger partial charge >= 0.3 is 7.12 Å². The number of halogens is 3. The number of anilines is 1. The van der Waals surface area contributed by atoms with Gasteiger partial charge in [0.15, 0.2) is 11.6 Å². The number of amides is 2. The van der Waals surface area contributed by atoms with Gasteiger partial charge in [-0.15, -0.1) is 0 Å². The number of nitrogens with one attached hydrogen (secondary N) is 2. The lowest BCUT2D eigenvalue weighted by molar-refractivity contribution is -0.127. The molecule has 0 unspecified atom stereocenters. The predicted octanol–water partition coefficient (Wildman–Crippen LogP) is 0.856. The lowest BCUT2D eigenvalue weighted by Gasteiger charge is -2.41. The van der Waals surface area contributed by atoms with Gasteiger partial charge in [-0.2, -0.15) is 0 Å². The van der Waals surface area contributed by atoms with Crippen LogP contribution < -0.4 is 15.5 Å². The zero-order valence-electron chi connectivity index (χ0n) is 15.6. The van der Waals surface area contributed by atoms with Gasteiger partial charge in [0.25, 0.3) is 0 Å². The van der Waals surface area contributed by atoms with Gasteiger partial charge in [-0.05, 0) is 30.9 Å². The van der Waals surface area contributed by atoms with Crippen LogP contribution in [-0.4, -0.2) is 54.1 Å². The minimum atomic E-state index is -1.72. The zero-order chi connectivity index (χ0) is 21.0. The minimum absolute atomic E-state index is 0.0843. The molecule has 0 bridgehead atoms. The van der Waals surface area contributed by atoms with Crippen LogP contribution in [-0.2, 0) is 9.59 Å². The van der Waals surface area contributed by atoms with E-state index in [-0.39, 0.29) is 23.2 Å². The van der Waals surface area contributed by atoms with Crippen molar-refractivity contribution in [3.05, 3.63) is 28.8 Å². The van der Waals surface area contributed by atoms with E-state index in [0.29, 0.717) is 12.8 Å². The van der Waals surface area contributed by atoms with Gasteiger partial charge in [-0.25, -0.2) is 8.78 Å². The van der Waals surface area contributed by atoms with Crippen LogP contribution in [0, 0.1) is 17.6 Å². The largest absolute Gasteiger partial charge is 0.475 e. The maximum atomic E-state index is 14.0. The van der Waals surface area contributed by atoms with Crippen LogP contribution in [0.25, 0.3) is 0 Å². The first-order valence-corrected chi connectivity index (χ1v) is 9.32. The number of carbonyl (C=O) groups excluding carboxylic acids is 2. The Morgan fingerprint density at radius 1 is 1.32 bits per heavy atom. The molecule has 0 spiro atoms. The number of benzene rings is 1. The Balaban J connectivity index is 1.92. The molecule has 154 valence electrons. The Morgan fingerprint density at radius 3 is 2.39 bits per heavy atom. The molecule has 0 saturated carbocycles. The molecular formula is C17H23BClF2N3O4. The number of hydrogen-bond donors (Lipinski definition) is 4. The molecule has 0 radical (unpaired) electrons. The molecule has 1 aliphatic rings. The molecule has 1 heterocycles. The topological polar surface area (TPSA) is 102 Å². The van der Waals surface area contributed by atoms with Crippen LogP contribution in [0.1, 0.15) is 26.7 Å². The van der Waals surface area contributed by atoms with Crippen molar-refractivity contribution in [3.63, 3.8) is 0 Å². The molecule has 0 aromatic heterocycles. The monoisotopic (exact) mass is 417 g/mol. The van der Waals surface area contributed by atoms with E-state index in [4.69, 9.17) is 11.6 Å². The first-order valence-electron chi connectivity index (χ1n) is 8.94. The molecule has 1 fully saturated rings. The second-order valence-electron chi connectivity index (χ2n) is 7.15. The number of rotatable bonds is 8. The Labute approximate surface area is 167 Å². The van der Waals surface area contributed by atoms with Gasteiger partial charge in [0.05, 0.1) is 12.5 Å². The highest BCUT2D eigenvalue weighted by Crippen LogP contribution is 2.33. The number of hydrogen-bond acceptors (Lipinski definition) is 5. The van der Waals surface area contributed by atoms with Gasteiger partial charge in [0.2, 0.25) is 11.8 Å². The van der Waals surface area contributed by atoms with E-state index in [0.717, 1.165) is 12.1 Å². The van der Waals surface area contributed by atoms with E-state index in [1.54, 1.807) is 0 Å². The molecule has 11 heteroatoms. The van der Waals surface area contributed by atoms with Crippen molar-refractivity contribution in [2.45, 2.75) is 38.7 Å². The Hall–Kier alpha value is -1.91. The van der Waals surface area contributed by atoms with Crippen molar-refractivity contribution >= 4 is 36.2 Å². The maximum absolute atomic E-state index is 14.0. The predicted molar refractivity (Wildman–Crippen MR) is 102 cm³/mol. The molecule has 28 heavy (non-hydrogen) atoms. The molecule has 2 amide bonds. The summed E-state index contributed by atoms with van der Waals surface area (Å²) in [5.41, 5.74) is -0.333. The lowest BCUT2D eigenvalue weighted by Crippen LogP contribution is -2.58. The Bertz CT molecular complexity index is 715. The van der Waals surface area contributed by atoms with Crippen molar-refractivity contribution < 1.29 is 28.4 Å². The highest BCUT2D eigenvalue weighted by atomic mass is 35.5. The first kappa shape index (κ1) is 22.4. The first-order chi connectivity index (χ1) is 13.1. The third-order valence-electron chi connectivity index (χ3n) is 4.45. The average molecular weight is 418 g/mol. The van der Waals surface area contributed by atoms with Crippen LogP contribution in [0.15, 0.2) is 12.1 Å². The van der Waals surface area contributed by atoms with E-state index in [2.05, 4.69) is 10.6 Å². The third-order valence-corrected chi connectivity index (χ3v) is 4.66. The van der Waals surface area contributed by atoms with Crippen molar-refractivity contribution in [3.8, 4) is 0 Å². The number of nitrogens with zero attached hydrogens (tertiary/aromatic N) is 1. The fraction of sp³-hybridized carbons (Fsp3) is 0.529. The van der Waals surface area contributed by atoms with Gasteiger partial charge in [0, 0.05) is 11.6 Å². The summed E-state index contributed by atoms with van der Waals surface area (Å²) in [5, 5.41) is 23.4. The lowest BCUT2D eigenvalue weighted by atomic mass is 9.75. The second-order valence-corrected chi connectivity index (χ2v) is 7.59. The number of carbonyl (C=O) groups is 2. The standard InChI is InChI=1S/C17H23BClF2N3O4/c1-9(2)5-14(18(27)28)23-15(25)8-22-17(26)13-3-4-24(13)16-11(20)6-10(19)7-12(16)21/h6-7,9,13-14,27-28H,3-5,8H2,1-2H3,(H,22,26)(H,23,25)/t13-,14-/m0/s1. The van der Waals surface area contributed by atoms with Crippen LogP contribution in [0.2, 0.25) is 5.02 Å². The van der Waals surface area contributed by atoms with E-state index in [1.807, 2.05) is 13.8 Å². The molecule has 2 atom stereocenters. The smallest absolute Gasteiger partial charge is 0.426 e. The van der Waals surface area contributed by atoms with E-state index < -0.39 is 49.1 Å². The van der Waals surface area contributed by atoms with Crippen molar-refractivity contribution in [2.24, 2.45) is 5.92 Å². The minimum Gasteiger partial charge on any atom is -0.426 e. The quantitative estimate of drug-likeness (QED) is 0.470. The van der Waals surface area contributed by atoms with E-state index in [1.165, 1.54) is 4.90 Å². The van der Waals surface area contributed by atoms with Crippen LogP contribution in [0.4, 0.5) is 14.5 Å². The summed E-state index contributed by atoms with van der Waals surface area (Å²) in [7, 11) is -1.72. The fourth-order valence-corrected chi connectivity index (χ4v) is 3.23. The second kappa shape index (κ2) is 9.53. The molecule has 1 aromatic carbocycles. The summed E-state index contributed by atoms with van der Waals surface area (Å²) in [5.74, 6) is -3.62. The van der Waals surface area contributed by atoms with E-state index in [9.17, 15) is 28.4 Å². The summed E-state index contributed by atoms with van der Waals surface area (Å²) in [6, 6.07) is 1.12.